The first-order valence-electron chi connectivity index (χ1n) is 8.74. The summed E-state index contributed by atoms with van der Waals surface area (Å²) in [6.07, 6.45) is 0.825. The third-order valence-corrected chi connectivity index (χ3v) is 4.29. The van der Waals surface area contributed by atoms with E-state index < -0.39 is 17.9 Å². The molecular formula is C21H24N2O3. The number of Topliss-reactive ketones (excluding diaryl/α,β-unsaturated/α-hetero) is 1. The lowest BCUT2D eigenvalue weighted by atomic mass is 9.90. The van der Waals surface area contributed by atoms with Gasteiger partial charge in [0.05, 0.1) is 5.92 Å². The molecule has 0 unspecified atom stereocenters. The van der Waals surface area contributed by atoms with Gasteiger partial charge >= 0.3 is 0 Å². The number of amides is 2. The minimum Gasteiger partial charge on any atom is -0.368 e. The van der Waals surface area contributed by atoms with E-state index in [2.05, 4.69) is 5.32 Å². The Labute approximate surface area is 153 Å². The second-order valence-electron chi connectivity index (χ2n) is 6.15. The van der Waals surface area contributed by atoms with Crippen LogP contribution in [0.1, 0.15) is 43.2 Å². The molecule has 0 aliphatic rings. The van der Waals surface area contributed by atoms with Gasteiger partial charge in [-0.1, -0.05) is 67.6 Å². The molecule has 2 aromatic rings. The van der Waals surface area contributed by atoms with E-state index in [-0.39, 0.29) is 24.5 Å². The van der Waals surface area contributed by atoms with Crippen LogP contribution in [0.5, 0.6) is 0 Å². The van der Waals surface area contributed by atoms with Crippen molar-refractivity contribution in [2.24, 2.45) is 5.73 Å². The van der Waals surface area contributed by atoms with Gasteiger partial charge in [-0.05, 0) is 17.5 Å². The van der Waals surface area contributed by atoms with Crippen LogP contribution in [0.15, 0.2) is 60.7 Å². The van der Waals surface area contributed by atoms with Crippen LogP contribution in [0.3, 0.4) is 0 Å². The van der Waals surface area contributed by atoms with Crippen molar-refractivity contribution in [1.82, 2.24) is 5.32 Å². The third kappa shape index (κ3) is 5.28. The van der Waals surface area contributed by atoms with Gasteiger partial charge in [0.15, 0.2) is 0 Å². The van der Waals surface area contributed by atoms with Gasteiger partial charge in [-0.25, -0.2) is 0 Å². The summed E-state index contributed by atoms with van der Waals surface area (Å²) in [6, 6.07) is 17.8. The Bertz CT molecular complexity index is 705. The van der Waals surface area contributed by atoms with Crippen molar-refractivity contribution in [1.29, 1.82) is 0 Å². The standard InChI is InChI=1S/C21H24N2O3/c1-2-17(24)13-14-18(20(22)25)23-21(26)19(15-9-5-3-6-10-15)16-11-7-4-8-12-16/h3-12,18-19H,2,13-14H2,1H3,(H2,22,25)(H,23,26)/t18-/m0/s1. The molecule has 136 valence electrons. The number of primary amides is 1. The first-order valence-corrected chi connectivity index (χ1v) is 8.74. The van der Waals surface area contributed by atoms with Gasteiger partial charge in [-0.2, -0.15) is 0 Å². The van der Waals surface area contributed by atoms with Crippen LogP contribution in [0, 0.1) is 0 Å². The molecule has 5 heteroatoms. The summed E-state index contributed by atoms with van der Waals surface area (Å²) in [7, 11) is 0. The van der Waals surface area contributed by atoms with E-state index in [1.54, 1.807) is 6.92 Å². The molecule has 0 heterocycles. The zero-order chi connectivity index (χ0) is 18.9. The fraction of sp³-hybridized carbons (Fsp3) is 0.286. The van der Waals surface area contributed by atoms with E-state index in [0.29, 0.717) is 6.42 Å². The number of carbonyl (C=O) groups excluding carboxylic acids is 3. The molecule has 0 saturated carbocycles. The lowest BCUT2D eigenvalue weighted by Crippen LogP contribution is -2.46. The van der Waals surface area contributed by atoms with Gasteiger partial charge < -0.3 is 11.1 Å². The average Bonchev–Trinajstić information content (AvgIpc) is 2.66. The normalized spacial score (nSPS) is 11.8. The van der Waals surface area contributed by atoms with Crippen molar-refractivity contribution in [2.45, 2.75) is 38.1 Å². The molecule has 5 nitrogen and oxygen atoms in total. The Hall–Kier alpha value is -2.95. The number of carbonyl (C=O) groups is 3. The van der Waals surface area contributed by atoms with Crippen LogP contribution < -0.4 is 11.1 Å². The summed E-state index contributed by atoms with van der Waals surface area (Å²) in [6.45, 7) is 1.76. The fourth-order valence-corrected chi connectivity index (χ4v) is 2.81. The van der Waals surface area contributed by atoms with Crippen LogP contribution in [0.4, 0.5) is 0 Å². The van der Waals surface area contributed by atoms with Crippen molar-refractivity contribution in [2.75, 3.05) is 0 Å². The fourth-order valence-electron chi connectivity index (χ4n) is 2.81. The maximum atomic E-state index is 13.0. The molecule has 2 aromatic carbocycles. The molecule has 2 rings (SSSR count). The lowest BCUT2D eigenvalue weighted by molar-refractivity contribution is -0.128. The van der Waals surface area contributed by atoms with Gasteiger partial charge in [0.25, 0.3) is 0 Å². The SMILES string of the molecule is CCC(=O)CC[C@H](NC(=O)C(c1ccccc1)c1ccccc1)C(N)=O. The first-order chi connectivity index (χ1) is 12.5. The summed E-state index contributed by atoms with van der Waals surface area (Å²) >= 11 is 0. The number of nitrogens with one attached hydrogen (secondary N) is 1. The summed E-state index contributed by atoms with van der Waals surface area (Å²) in [5.41, 5.74) is 7.07. The zero-order valence-electron chi connectivity index (χ0n) is 14.9. The quantitative estimate of drug-likeness (QED) is 0.727. The molecule has 0 fully saturated rings. The molecule has 0 spiro atoms. The molecule has 2 amide bonds. The number of nitrogens with two attached hydrogens (primary N) is 1. The van der Waals surface area contributed by atoms with E-state index >= 15 is 0 Å². The number of hydrogen-bond acceptors (Lipinski definition) is 3. The minimum absolute atomic E-state index is 0.0353. The summed E-state index contributed by atoms with van der Waals surface area (Å²) < 4.78 is 0. The van der Waals surface area contributed by atoms with E-state index in [1.807, 2.05) is 60.7 Å². The molecule has 0 aliphatic carbocycles. The molecule has 0 saturated heterocycles. The molecule has 0 aliphatic heterocycles. The third-order valence-electron chi connectivity index (χ3n) is 4.29. The van der Waals surface area contributed by atoms with Crippen molar-refractivity contribution >= 4 is 17.6 Å². The molecule has 0 aromatic heterocycles. The molecular weight excluding hydrogens is 328 g/mol. The predicted octanol–water partition coefficient (Wildman–Crippen LogP) is 2.55. The van der Waals surface area contributed by atoms with Crippen LogP contribution in [-0.2, 0) is 14.4 Å². The summed E-state index contributed by atoms with van der Waals surface area (Å²) in [5, 5.41) is 2.73. The van der Waals surface area contributed by atoms with Crippen LogP contribution in [0.25, 0.3) is 0 Å². The van der Waals surface area contributed by atoms with E-state index in [1.165, 1.54) is 0 Å². The Morgan fingerprint density at radius 3 is 1.85 bits per heavy atom. The number of hydrogen-bond donors (Lipinski definition) is 2. The highest BCUT2D eigenvalue weighted by atomic mass is 16.2. The largest absolute Gasteiger partial charge is 0.368 e. The monoisotopic (exact) mass is 352 g/mol. The van der Waals surface area contributed by atoms with Crippen LogP contribution in [-0.4, -0.2) is 23.6 Å². The minimum atomic E-state index is -0.868. The van der Waals surface area contributed by atoms with Gasteiger partial charge in [0, 0.05) is 12.8 Å². The highest BCUT2D eigenvalue weighted by Crippen LogP contribution is 2.25. The Balaban J connectivity index is 2.23. The highest BCUT2D eigenvalue weighted by Gasteiger charge is 2.27. The Kier molecular flexibility index (Phi) is 7.09. The molecule has 3 N–H and O–H groups in total. The lowest BCUT2D eigenvalue weighted by Gasteiger charge is -2.21. The molecule has 0 radical (unpaired) electrons. The van der Waals surface area contributed by atoms with E-state index in [4.69, 9.17) is 5.73 Å². The molecule has 0 bridgehead atoms. The maximum absolute atomic E-state index is 13.0. The first kappa shape index (κ1) is 19.4. The average molecular weight is 352 g/mol. The van der Waals surface area contributed by atoms with Crippen molar-refractivity contribution in [3.05, 3.63) is 71.8 Å². The predicted molar refractivity (Wildman–Crippen MR) is 100 cm³/mol. The molecule has 1 atom stereocenters. The number of rotatable bonds is 9. The zero-order valence-corrected chi connectivity index (χ0v) is 14.9. The van der Waals surface area contributed by atoms with Gasteiger partial charge in [0.1, 0.15) is 11.8 Å². The summed E-state index contributed by atoms with van der Waals surface area (Å²) in [5.74, 6) is -1.47. The molecule has 26 heavy (non-hydrogen) atoms. The maximum Gasteiger partial charge on any atom is 0.240 e. The van der Waals surface area contributed by atoms with Crippen LogP contribution in [0.2, 0.25) is 0 Å². The number of ketones is 1. The Morgan fingerprint density at radius 1 is 0.923 bits per heavy atom. The van der Waals surface area contributed by atoms with E-state index in [9.17, 15) is 14.4 Å². The van der Waals surface area contributed by atoms with Gasteiger partial charge in [0.2, 0.25) is 11.8 Å². The van der Waals surface area contributed by atoms with Crippen molar-refractivity contribution in [3.63, 3.8) is 0 Å². The van der Waals surface area contributed by atoms with Crippen LogP contribution >= 0.6 is 0 Å². The topological polar surface area (TPSA) is 89.3 Å². The van der Waals surface area contributed by atoms with Crippen molar-refractivity contribution < 1.29 is 14.4 Å². The van der Waals surface area contributed by atoms with E-state index in [0.717, 1.165) is 11.1 Å². The van der Waals surface area contributed by atoms with Gasteiger partial charge in [-0.15, -0.1) is 0 Å². The highest BCUT2D eigenvalue weighted by molar-refractivity contribution is 5.92. The summed E-state index contributed by atoms with van der Waals surface area (Å²) in [4.78, 5) is 36.2. The second-order valence-corrected chi connectivity index (χ2v) is 6.15. The van der Waals surface area contributed by atoms with Crippen molar-refractivity contribution in [3.8, 4) is 0 Å². The second kappa shape index (κ2) is 9.51. The smallest absolute Gasteiger partial charge is 0.240 e. The van der Waals surface area contributed by atoms with Gasteiger partial charge in [-0.3, -0.25) is 14.4 Å². The Morgan fingerprint density at radius 2 is 1.42 bits per heavy atom. The number of benzene rings is 2.